The molecule has 0 atom stereocenters. The highest BCUT2D eigenvalue weighted by Gasteiger charge is 2.24. The standard InChI is InChI=1S/C26H21NOS/c1-17-6-5-9-21(14-17)18-10-12-20(13-11-18)23-16-29-26-24(23)25(28)22(15-27-26)19-7-3-2-4-8-19/h2-14,16,27-28H,15H2,1H3. The molecule has 4 aromatic rings. The van der Waals surface area contributed by atoms with Crippen molar-refractivity contribution in [1.29, 1.82) is 0 Å². The predicted octanol–water partition coefficient (Wildman–Crippen LogP) is 7.24. The van der Waals surface area contributed by atoms with Crippen LogP contribution in [-0.4, -0.2) is 11.7 Å². The van der Waals surface area contributed by atoms with Gasteiger partial charge in [-0.15, -0.1) is 11.3 Å². The van der Waals surface area contributed by atoms with Gasteiger partial charge in [-0.1, -0.05) is 84.4 Å². The molecule has 2 heterocycles. The number of hydrogen-bond donors (Lipinski definition) is 2. The highest BCUT2D eigenvalue weighted by molar-refractivity contribution is 7.15. The van der Waals surface area contributed by atoms with Gasteiger partial charge in [-0.05, 0) is 29.2 Å². The highest BCUT2D eigenvalue weighted by Crippen LogP contribution is 2.44. The van der Waals surface area contributed by atoms with Crippen molar-refractivity contribution in [3.05, 3.63) is 101 Å². The predicted molar refractivity (Wildman–Crippen MR) is 124 cm³/mol. The van der Waals surface area contributed by atoms with Gasteiger partial charge >= 0.3 is 0 Å². The maximum absolute atomic E-state index is 11.1. The third kappa shape index (κ3) is 3.24. The molecule has 0 fully saturated rings. The van der Waals surface area contributed by atoms with E-state index in [-0.39, 0.29) is 0 Å². The molecule has 1 aliphatic rings. The van der Waals surface area contributed by atoms with Crippen molar-refractivity contribution in [3.63, 3.8) is 0 Å². The molecule has 3 heteroatoms. The normalized spacial score (nSPS) is 13.1. The summed E-state index contributed by atoms with van der Waals surface area (Å²) in [6.07, 6.45) is 0. The van der Waals surface area contributed by atoms with Crippen molar-refractivity contribution in [2.45, 2.75) is 6.92 Å². The lowest BCUT2D eigenvalue weighted by Gasteiger charge is -2.20. The summed E-state index contributed by atoms with van der Waals surface area (Å²) in [7, 11) is 0. The average Bonchev–Trinajstić information content (AvgIpc) is 3.20. The molecule has 0 bridgehead atoms. The van der Waals surface area contributed by atoms with Gasteiger partial charge in [0.2, 0.25) is 0 Å². The second-order valence-electron chi connectivity index (χ2n) is 7.35. The maximum Gasteiger partial charge on any atom is 0.131 e. The first kappa shape index (κ1) is 17.8. The van der Waals surface area contributed by atoms with Crippen LogP contribution in [0.1, 0.15) is 16.7 Å². The van der Waals surface area contributed by atoms with E-state index in [4.69, 9.17) is 0 Å². The van der Waals surface area contributed by atoms with Gasteiger partial charge in [0, 0.05) is 23.1 Å². The van der Waals surface area contributed by atoms with E-state index in [9.17, 15) is 5.11 Å². The van der Waals surface area contributed by atoms with Crippen LogP contribution in [0.15, 0.2) is 84.2 Å². The zero-order valence-electron chi connectivity index (χ0n) is 16.1. The van der Waals surface area contributed by atoms with E-state index in [1.807, 2.05) is 30.3 Å². The van der Waals surface area contributed by atoms with Crippen molar-refractivity contribution in [2.24, 2.45) is 0 Å². The lowest BCUT2D eigenvalue weighted by molar-refractivity contribution is 0.513. The number of aliphatic hydroxyl groups is 1. The molecule has 0 unspecified atom stereocenters. The quantitative estimate of drug-likeness (QED) is 0.383. The smallest absolute Gasteiger partial charge is 0.131 e. The highest BCUT2D eigenvalue weighted by atomic mass is 32.1. The van der Waals surface area contributed by atoms with E-state index in [0.29, 0.717) is 12.3 Å². The molecule has 5 rings (SSSR count). The topological polar surface area (TPSA) is 32.3 Å². The number of thiophene rings is 1. The molecule has 2 nitrogen and oxygen atoms in total. The van der Waals surface area contributed by atoms with Crippen LogP contribution in [-0.2, 0) is 0 Å². The van der Waals surface area contributed by atoms with Crippen LogP contribution in [0.25, 0.3) is 33.6 Å². The summed E-state index contributed by atoms with van der Waals surface area (Å²) in [5.74, 6) is 0.379. The number of anilines is 1. The second kappa shape index (κ2) is 7.26. The minimum absolute atomic E-state index is 0.379. The maximum atomic E-state index is 11.1. The number of aryl methyl sites for hydroxylation is 1. The monoisotopic (exact) mass is 395 g/mol. The van der Waals surface area contributed by atoms with Crippen LogP contribution in [0.2, 0.25) is 0 Å². The molecule has 0 spiro atoms. The number of aliphatic hydroxyl groups excluding tert-OH is 1. The van der Waals surface area contributed by atoms with Gasteiger partial charge in [0.05, 0.1) is 5.56 Å². The zero-order valence-corrected chi connectivity index (χ0v) is 17.0. The van der Waals surface area contributed by atoms with Crippen molar-refractivity contribution in [2.75, 3.05) is 11.9 Å². The van der Waals surface area contributed by atoms with Gasteiger partial charge < -0.3 is 10.4 Å². The van der Waals surface area contributed by atoms with Gasteiger partial charge in [0.15, 0.2) is 0 Å². The Bertz CT molecular complexity index is 1200. The van der Waals surface area contributed by atoms with Crippen LogP contribution < -0.4 is 5.32 Å². The summed E-state index contributed by atoms with van der Waals surface area (Å²) < 4.78 is 0. The van der Waals surface area contributed by atoms with Gasteiger partial charge in [-0.2, -0.15) is 0 Å². The first-order valence-electron chi connectivity index (χ1n) is 9.71. The largest absolute Gasteiger partial charge is 0.507 e. The summed E-state index contributed by atoms with van der Waals surface area (Å²) in [6, 6.07) is 27.2. The third-order valence-corrected chi connectivity index (χ3v) is 6.35. The second-order valence-corrected chi connectivity index (χ2v) is 8.23. The van der Waals surface area contributed by atoms with Crippen molar-refractivity contribution >= 4 is 27.7 Å². The minimum Gasteiger partial charge on any atom is -0.507 e. The number of rotatable bonds is 3. The van der Waals surface area contributed by atoms with E-state index >= 15 is 0 Å². The van der Waals surface area contributed by atoms with E-state index in [0.717, 1.165) is 32.8 Å². The molecular formula is C26H21NOS. The van der Waals surface area contributed by atoms with Crippen molar-refractivity contribution in [1.82, 2.24) is 0 Å². The average molecular weight is 396 g/mol. The summed E-state index contributed by atoms with van der Waals surface area (Å²) in [5, 5.41) is 17.7. The van der Waals surface area contributed by atoms with Gasteiger partial charge in [-0.25, -0.2) is 0 Å². The zero-order chi connectivity index (χ0) is 19.8. The third-order valence-electron chi connectivity index (χ3n) is 5.41. The molecule has 3 aromatic carbocycles. The molecule has 29 heavy (non-hydrogen) atoms. The van der Waals surface area contributed by atoms with Crippen LogP contribution in [0.5, 0.6) is 0 Å². The Kier molecular flexibility index (Phi) is 4.45. The molecule has 0 amide bonds. The van der Waals surface area contributed by atoms with Crippen LogP contribution >= 0.6 is 11.3 Å². The lowest BCUT2D eigenvalue weighted by Crippen LogP contribution is -2.12. The van der Waals surface area contributed by atoms with Crippen molar-refractivity contribution in [3.8, 4) is 22.3 Å². The number of benzene rings is 3. The Balaban J connectivity index is 1.55. The molecule has 1 aromatic heterocycles. The summed E-state index contributed by atoms with van der Waals surface area (Å²) in [6.45, 7) is 2.75. The molecule has 2 N–H and O–H groups in total. The summed E-state index contributed by atoms with van der Waals surface area (Å²) >= 11 is 1.65. The Labute approximate surface area is 174 Å². The fourth-order valence-electron chi connectivity index (χ4n) is 3.88. The lowest BCUT2D eigenvalue weighted by atomic mass is 9.94. The Morgan fingerprint density at radius 2 is 1.52 bits per heavy atom. The van der Waals surface area contributed by atoms with E-state index in [1.54, 1.807) is 11.3 Å². The molecule has 0 radical (unpaired) electrons. The Hall–Kier alpha value is -3.30. The van der Waals surface area contributed by atoms with Crippen LogP contribution in [0.3, 0.4) is 0 Å². The number of hydrogen-bond acceptors (Lipinski definition) is 3. The minimum atomic E-state index is 0.379. The van der Waals surface area contributed by atoms with Crippen LogP contribution in [0, 0.1) is 6.92 Å². The SMILES string of the molecule is Cc1cccc(-c2ccc(-c3csc4c3C(O)=C(c3ccccc3)CN4)cc2)c1. The Morgan fingerprint density at radius 3 is 2.28 bits per heavy atom. The van der Waals surface area contributed by atoms with Gasteiger partial charge in [0.1, 0.15) is 10.8 Å². The molecule has 0 saturated carbocycles. The summed E-state index contributed by atoms with van der Waals surface area (Å²) in [5.41, 5.74) is 8.75. The molecule has 142 valence electrons. The molecular weight excluding hydrogens is 374 g/mol. The van der Waals surface area contributed by atoms with E-state index in [1.165, 1.54) is 16.7 Å². The van der Waals surface area contributed by atoms with Gasteiger partial charge in [0.25, 0.3) is 0 Å². The van der Waals surface area contributed by atoms with E-state index in [2.05, 4.69) is 66.2 Å². The number of fused-ring (bicyclic) bond motifs is 1. The molecule has 0 saturated heterocycles. The summed E-state index contributed by atoms with van der Waals surface area (Å²) in [4.78, 5) is 0. The van der Waals surface area contributed by atoms with Gasteiger partial charge in [-0.3, -0.25) is 0 Å². The fourth-order valence-corrected chi connectivity index (χ4v) is 4.85. The van der Waals surface area contributed by atoms with E-state index < -0.39 is 0 Å². The fraction of sp³-hybridized carbons (Fsp3) is 0.0769. The molecule has 1 aliphatic heterocycles. The molecule has 0 aliphatic carbocycles. The van der Waals surface area contributed by atoms with Crippen molar-refractivity contribution < 1.29 is 5.11 Å². The number of nitrogens with one attached hydrogen (secondary N) is 1. The Morgan fingerprint density at radius 1 is 0.793 bits per heavy atom. The first-order chi connectivity index (χ1) is 14.2. The van der Waals surface area contributed by atoms with Crippen LogP contribution in [0.4, 0.5) is 5.00 Å². The first-order valence-corrected chi connectivity index (χ1v) is 10.6.